The molecule has 0 heterocycles. The van der Waals surface area contributed by atoms with Crippen molar-refractivity contribution >= 4 is 11.9 Å². The Kier molecular flexibility index (Phi) is 24.3. The summed E-state index contributed by atoms with van der Waals surface area (Å²) in [6.07, 6.45) is 22.5. The van der Waals surface area contributed by atoms with Gasteiger partial charge in [0.2, 0.25) is 0 Å². The second-order valence-corrected chi connectivity index (χ2v) is 8.59. The predicted octanol–water partition coefficient (Wildman–Crippen LogP) is 7.15. The number of unbranched alkanes of at least 4 members (excludes halogenated alkanes) is 16. The largest absolute Gasteiger partial charge is 0.464 e. The van der Waals surface area contributed by atoms with Gasteiger partial charge in [0, 0.05) is 0 Å². The Bertz CT molecular complexity index is 397. The molecule has 5 nitrogen and oxygen atoms in total. The zero-order chi connectivity index (χ0) is 22.8. The van der Waals surface area contributed by atoms with Crippen molar-refractivity contribution < 1.29 is 23.8 Å². The molecular weight excluding hydrogens is 392 g/mol. The predicted molar refractivity (Wildman–Crippen MR) is 127 cm³/mol. The molecule has 0 saturated heterocycles. The first-order valence-electron chi connectivity index (χ1n) is 13.1. The number of carbonyl (C=O) groups excluding carboxylic acids is 2. The first-order valence-corrected chi connectivity index (χ1v) is 13.1. The summed E-state index contributed by atoms with van der Waals surface area (Å²) in [6, 6.07) is 0. The van der Waals surface area contributed by atoms with Crippen molar-refractivity contribution in [2.75, 3.05) is 26.4 Å². The van der Waals surface area contributed by atoms with E-state index in [0.717, 1.165) is 38.5 Å². The van der Waals surface area contributed by atoms with Crippen molar-refractivity contribution in [3.05, 3.63) is 0 Å². The van der Waals surface area contributed by atoms with Crippen LogP contribution in [0.2, 0.25) is 0 Å². The van der Waals surface area contributed by atoms with Crippen LogP contribution < -0.4 is 0 Å². The number of ether oxygens (including phenoxy) is 3. The Morgan fingerprint density at radius 2 is 0.742 bits per heavy atom. The highest BCUT2D eigenvalue weighted by Crippen LogP contribution is 2.13. The van der Waals surface area contributed by atoms with E-state index in [1.165, 1.54) is 77.0 Å². The van der Waals surface area contributed by atoms with Crippen molar-refractivity contribution in [2.45, 2.75) is 129 Å². The summed E-state index contributed by atoms with van der Waals surface area (Å²) in [4.78, 5) is 23.1. The van der Waals surface area contributed by atoms with Crippen molar-refractivity contribution in [3.8, 4) is 0 Å². The molecule has 184 valence electrons. The minimum Gasteiger partial charge on any atom is -0.464 e. The van der Waals surface area contributed by atoms with Crippen LogP contribution in [0.4, 0.5) is 0 Å². The van der Waals surface area contributed by atoms with Gasteiger partial charge < -0.3 is 14.2 Å². The van der Waals surface area contributed by atoms with Crippen LogP contribution in [-0.4, -0.2) is 38.4 Å². The lowest BCUT2D eigenvalue weighted by molar-refractivity contribution is -0.155. The Morgan fingerprint density at radius 1 is 0.452 bits per heavy atom. The molecule has 31 heavy (non-hydrogen) atoms. The molecule has 0 saturated carbocycles. The average Bonchev–Trinajstić information content (AvgIpc) is 2.76. The van der Waals surface area contributed by atoms with Crippen LogP contribution >= 0.6 is 0 Å². The van der Waals surface area contributed by atoms with Gasteiger partial charge in [-0.2, -0.15) is 0 Å². The van der Waals surface area contributed by atoms with Crippen LogP contribution in [0.25, 0.3) is 0 Å². The number of esters is 2. The zero-order valence-corrected chi connectivity index (χ0v) is 20.6. The van der Waals surface area contributed by atoms with E-state index in [1.807, 2.05) is 0 Å². The highest BCUT2D eigenvalue weighted by molar-refractivity contribution is 5.73. The van der Waals surface area contributed by atoms with E-state index >= 15 is 0 Å². The van der Waals surface area contributed by atoms with E-state index < -0.39 is 11.9 Å². The molecule has 0 N–H and O–H groups in total. The lowest BCUT2D eigenvalue weighted by atomic mass is 10.0. The third-order valence-electron chi connectivity index (χ3n) is 5.46. The van der Waals surface area contributed by atoms with Gasteiger partial charge in [0.05, 0.1) is 13.2 Å². The third-order valence-corrected chi connectivity index (χ3v) is 5.46. The summed E-state index contributed by atoms with van der Waals surface area (Å²) in [5.41, 5.74) is 0. The van der Waals surface area contributed by atoms with Gasteiger partial charge >= 0.3 is 11.9 Å². The third kappa shape index (κ3) is 25.0. The maximum atomic E-state index is 11.6. The minimum atomic E-state index is -0.420. The van der Waals surface area contributed by atoms with Gasteiger partial charge in [-0.05, 0) is 12.8 Å². The SMILES string of the molecule is CCCCCCCCCCCCCCCCOC(=O)COCC(=O)OCCCCCC. The van der Waals surface area contributed by atoms with E-state index in [0.29, 0.717) is 13.2 Å². The Balaban J connectivity index is 3.24. The molecule has 0 aliphatic carbocycles. The molecule has 0 aromatic carbocycles. The average molecular weight is 443 g/mol. The van der Waals surface area contributed by atoms with Gasteiger partial charge in [-0.1, -0.05) is 117 Å². The summed E-state index contributed by atoms with van der Waals surface area (Å²) < 4.78 is 15.2. The fourth-order valence-electron chi connectivity index (χ4n) is 3.50. The molecule has 0 unspecified atom stereocenters. The van der Waals surface area contributed by atoms with Gasteiger partial charge in [0.1, 0.15) is 13.2 Å². The molecule has 0 aromatic heterocycles. The molecule has 0 rings (SSSR count). The smallest absolute Gasteiger partial charge is 0.332 e. The molecule has 0 aliphatic heterocycles. The number of rotatable bonds is 24. The fourth-order valence-corrected chi connectivity index (χ4v) is 3.50. The second kappa shape index (κ2) is 25.2. The molecule has 0 fully saturated rings. The highest BCUT2D eigenvalue weighted by Gasteiger charge is 2.07. The summed E-state index contributed by atoms with van der Waals surface area (Å²) in [5, 5.41) is 0. The summed E-state index contributed by atoms with van der Waals surface area (Å²) in [6.45, 7) is 4.87. The molecule has 0 spiro atoms. The van der Waals surface area contributed by atoms with Crippen LogP contribution in [-0.2, 0) is 23.8 Å². The van der Waals surface area contributed by atoms with Gasteiger partial charge in [-0.25, -0.2) is 9.59 Å². The van der Waals surface area contributed by atoms with Crippen molar-refractivity contribution in [2.24, 2.45) is 0 Å². The molecule has 0 aliphatic rings. The quantitative estimate of drug-likeness (QED) is 0.117. The van der Waals surface area contributed by atoms with Crippen LogP contribution in [0.3, 0.4) is 0 Å². The summed E-state index contributed by atoms with van der Waals surface area (Å²) in [5.74, 6) is -0.832. The molecule has 0 atom stereocenters. The Morgan fingerprint density at radius 3 is 1.10 bits per heavy atom. The van der Waals surface area contributed by atoms with E-state index in [-0.39, 0.29) is 13.2 Å². The summed E-state index contributed by atoms with van der Waals surface area (Å²) in [7, 11) is 0. The van der Waals surface area contributed by atoms with Crippen molar-refractivity contribution in [3.63, 3.8) is 0 Å². The minimum absolute atomic E-state index is 0.191. The maximum absolute atomic E-state index is 11.6. The van der Waals surface area contributed by atoms with E-state index in [1.54, 1.807) is 0 Å². The Hall–Kier alpha value is -1.10. The van der Waals surface area contributed by atoms with Gasteiger partial charge in [-0.15, -0.1) is 0 Å². The zero-order valence-electron chi connectivity index (χ0n) is 20.6. The van der Waals surface area contributed by atoms with Crippen LogP contribution in [0.15, 0.2) is 0 Å². The molecule has 0 radical (unpaired) electrons. The maximum Gasteiger partial charge on any atom is 0.332 e. The van der Waals surface area contributed by atoms with E-state index in [4.69, 9.17) is 14.2 Å². The lowest BCUT2D eigenvalue weighted by Gasteiger charge is -2.07. The van der Waals surface area contributed by atoms with Crippen LogP contribution in [0, 0.1) is 0 Å². The molecule has 5 heteroatoms. The van der Waals surface area contributed by atoms with Crippen molar-refractivity contribution in [1.82, 2.24) is 0 Å². The number of hydrogen-bond donors (Lipinski definition) is 0. The van der Waals surface area contributed by atoms with Gasteiger partial charge in [0.25, 0.3) is 0 Å². The van der Waals surface area contributed by atoms with E-state index in [2.05, 4.69) is 13.8 Å². The fraction of sp³-hybridized carbons (Fsp3) is 0.923. The van der Waals surface area contributed by atoms with E-state index in [9.17, 15) is 9.59 Å². The molecule has 0 aromatic rings. The standard InChI is InChI=1S/C26H50O5/c1-3-5-7-9-10-11-12-13-14-15-16-17-18-20-22-31-26(28)24-29-23-25(27)30-21-19-8-6-4-2/h3-24H2,1-2H3. The van der Waals surface area contributed by atoms with Crippen LogP contribution in [0.5, 0.6) is 0 Å². The topological polar surface area (TPSA) is 61.8 Å². The Labute approximate surface area is 192 Å². The van der Waals surface area contributed by atoms with Gasteiger partial charge in [0.15, 0.2) is 0 Å². The van der Waals surface area contributed by atoms with Gasteiger partial charge in [-0.3, -0.25) is 0 Å². The lowest BCUT2D eigenvalue weighted by Crippen LogP contribution is -2.19. The first-order chi connectivity index (χ1) is 15.2. The van der Waals surface area contributed by atoms with Crippen LogP contribution in [0.1, 0.15) is 129 Å². The second-order valence-electron chi connectivity index (χ2n) is 8.59. The number of hydrogen-bond acceptors (Lipinski definition) is 5. The number of carbonyl (C=O) groups is 2. The normalized spacial score (nSPS) is 10.9. The molecule has 0 bridgehead atoms. The summed E-state index contributed by atoms with van der Waals surface area (Å²) >= 11 is 0. The first kappa shape index (κ1) is 29.9. The van der Waals surface area contributed by atoms with Crippen molar-refractivity contribution in [1.29, 1.82) is 0 Å². The monoisotopic (exact) mass is 442 g/mol. The highest BCUT2D eigenvalue weighted by atomic mass is 16.6. The molecule has 0 amide bonds. The molecular formula is C26H50O5.